The van der Waals surface area contributed by atoms with Crippen LogP contribution in [0.4, 0.5) is 18.0 Å². The molecule has 1 aromatic carbocycles. The monoisotopic (exact) mass is 316 g/mol. The Labute approximate surface area is 125 Å². The summed E-state index contributed by atoms with van der Waals surface area (Å²) in [4.78, 5) is 24.7. The van der Waals surface area contributed by atoms with Gasteiger partial charge in [0.1, 0.15) is 0 Å². The van der Waals surface area contributed by atoms with Crippen LogP contribution in [0, 0.1) is 17.5 Å². The number of methoxy groups -OCH3 is 1. The second kappa shape index (κ2) is 6.67. The first-order valence-corrected chi connectivity index (χ1v) is 6.71. The van der Waals surface area contributed by atoms with Gasteiger partial charge < -0.3 is 15.0 Å². The molecule has 1 heterocycles. The lowest BCUT2D eigenvalue weighted by Crippen LogP contribution is -2.46. The van der Waals surface area contributed by atoms with Crippen LogP contribution in [0.25, 0.3) is 0 Å². The smallest absolute Gasteiger partial charge is 0.409 e. The van der Waals surface area contributed by atoms with Crippen molar-refractivity contribution in [2.45, 2.75) is 18.9 Å². The standard InChI is InChI=1S/C14H15F3N2O3/c1-22-14(21)19-6-4-8(5-7-19)18-13(20)9-2-3-10(15)12(17)11(9)16/h2-3,8H,4-7H2,1H3,(H,18,20). The summed E-state index contributed by atoms with van der Waals surface area (Å²) in [6.07, 6.45) is 0.481. The average Bonchev–Trinajstić information content (AvgIpc) is 2.52. The summed E-state index contributed by atoms with van der Waals surface area (Å²) in [5, 5.41) is 2.55. The van der Waals surface area contributed by atoms with Gasteiger partial charge in [-0.2, -0.15) is 0 Å². The molecule has 1 saturated heterocycles. The molecule has 1 aliphatic rings. The molecule has 120 valence electrons. The number of carbonyl (C=O) groups is 2. The van der Waals surface area contributed by atoms with Crippen LogP contribution in [-0.4, -0.2) is 43.1 Å². The Morgan fingerprint density at radius 2 is 1.82 bits per heavy atom. The zero-order chi connectivity index (χ0) is 16.3. The van der Waals surface area contributed by atoms with E-state index < -0.39 is 35.0 Å². The Morgan fingerprint density at radius 1 is 1.18 bits per heavy atom. The van der Waals surface area contributed by atoms with Crippen LogP contribution in [0.5, 0.6) is 0 Å². The topological polar surface area (TPSA) is 58.6 Å². The van der Waals surface area contributed by atoms with Gasteiger partial charge in [-0.15, -0.1) is 0 Å². The number of carbonyl (C=O) groups excluding carboxylic acids is 2. The van der Waals surface area contributed by atoms with Crippen molar-refractivity contribution in [2.24, 2.45) is 0 Å². The first kappa shape index (κ1) is 16.1. The molecular weight excluding hydrogens is 301 g/mol. The van der Waals surface area contributed by atoms with Gasteiger partial charge in [0, 0.05) is 19.1 Å². The van der Waals surface area contributed by atoms with E-state index in [1.807, 2.05) is 0 Å². The lowest BCUT2D eigenvalue weighted by molar-refractivity contribution is 0.0887. The summed E-state index contributed by atoms with van der Waals surface area (Å²) in [7, 11) is 1.28. The van der Waals surface area contributed by atoms with E-state index in [0.717, 1.165) is 6.07 Å². The van der Waals surface area contributed by atoms with E-state index in [2.05, 4.69) is 10.1 Å². The molecule has 0 saturated carbocycles. The number of nitrogens with zero attached hydrogens (tertiary/aromatic N) is 1. The second-order valence-corrected chi connectivity index (χ2v) is 4.93. The Hall–Kier alpha value is -2.25. The number of benzene rings is 1. The lowest BCUT2D eigenvalue weighted by atomic mass is 10.0. The number of likely N-dealkylation sites (tertiary alicyclic amines) is 1. The maximum atomic E-state index is 13.5. The van der Waals surface area contributed by atoms with E-state index in [1.54, 1.807) is 0 Å². The van der Waals surface area contributed by atoms with Crippen LogP contribution in [0.2, 0.25) is 0 Å². The van der Waals surface area contributed by atoms with Crippen molar-refractivity contribution in [1.29, 1.82) is 0 Å². The number of piperidine rings is 1. The highest BCUT2D eigenvalue weighted by atomic mass is 19.2. The Balaban J connectivity index is 1.97. The van der Waals surface area contributed by atoms with E-state index in [-0.39, 0.29) is 6.04 Å². The highest BCUT2D eigenvalue weighted by molar-refractivity contribution is 5.94. The molecule has 1 aliphatic heterocycles. The van der Waals surface area contributed by atoms with Crippen molar-refractivity contribution in [3.05, 3.63) is 35.1 Å². The molecule has 0 aliphatic carbocycles. The van der Waals surface area contributed by atoms with Crippen molar-refractivity contribution < 1.29 is 27.5 Å². The van der Waals surface area contributed by atoms with Gasteiger partial charge in [-0.1, -0.05) is 0 Å². The molecule has 0 bridgehead atoms. The SMILES string of the molecule is COC(=O)N1CCC(NC(=O)c2ccc(F)c(F)c2F)CC1. The van der Waals surface area contributed by atoms with Crippen molar-refractivity contribution in [3.63, 3.8) is 0 Å². The molecular formula is C14H15F3N2O3. The van der Waals surface area contributed by atoms with Gasteiger partial charge in [0.25, 0.3) is 5.91 Å². The number of hydrogen-bond donors (Lipinski definition) is 1. The summed E-state index contributed by atoms with van der Waals surface area (Å²) in [5.41, 5.74) is -0.547. The van der Waals surface area contributed by atoms with E-state index in [0.29, 0.717) is 32.0 Å². The summed E-state index contributed by atoms with van der Waals surface area (Å²) in [5.74, 6) is -5.34. The maximum absolute atomic E-state index is 13.5. The molecule has 0 aromatic heterocycles. The van der Waals surface area contributed by atoms with Crippen molar-refractivity contribution >= 4 is 12.0 Å². The minimum atomic E-state index is -1.67. The maximum Gasteiger partial charge on any atom is 0.409 e. The number of ether oxygens (including phenoxy) is 1. The highest BCUT2D eigenvalue weighted by Gasteiger charge is 2.26. The molecule has 2 rings (SSSR count). The minimum absolute atomic E-state index is 0.277. The molecule has 0 spiro atoms. The number of amides is 2. The van der Waals surface area contributed by atoms with Gasteiger partial charge in [0.15, 0.2) is 17.5 Å². The normalized spacial score (nSPS) is 15.5. The number of halogens is 3. The number of rotatable bonds is 2. The lowest BCUT2D eigenvalue weighted by Gasteiger charge is -2.31. The van der Waals surface area contributed by atoms with Gasteiger partial charge in [0.05, 0.1) is 12.7 Å². The second-order valence-electron chi connectivity index (χ2n) is 4.93. The van der Waals surface area contributed by atoms with Crippen LogP contribution in [0.3, 0.4) is 0 Å². The predicted molar refractivity (Wildman–Crippen MR) is 70.8 cm³/mol. The molecule has 2 amide bonds. The fraction of sp³-hybridized carbons (Fsp3) is 0.429. The fourth-order valence-corrected chi connectivity index (χ4v) is 2.30. The van der Waals surface area contributed by atoms with Crippen LogP contribution < -0.4 is 5.32 Å². The highest BCUT2D eigenvalue weighted by Crippen LogP contribution is 2.17. The third-order valence-electron chi connectivity index (χ3n) is 3.54. The third kappa shape index (κ3) is 3.32. The zero-order valence-corrected chi connectivity index (χ0v) is 11.9. The van der Waals surface area contributed by atoms with Crippen molar-refractivity contribution in [3.8, 4) is 0 Å². The predicted octanol–water partition coefficient (Wildman–Crippen LogP) is 2.06. The number of nitrogens with one attached hydrogen (secondary N) is 1. The van der Waals surface area contributed by atoms with Gasteiger partial charge in [-0.3, -0.25) is 4.79 Å². The van der Waals surface area contributed by atoms with Crippen LogP contribution in [0.1, 0.15) is 23.2 Å². The minimum Gasteiger partial charge on any atom is -0.453 e. The van der Waals surface area contributed by atoms with E-state index in [4.69, 9.17) is 0 Å². The van der Waals surface area contributed by atoms with E-state index >= 15 is 0 Å². The van der Waals surface area contributed by atoms with Gasteiger partial charge >= 0.3 is 6.09 Å². The first-order chi connectivity index (χ1) is 10.4. The van der Waals surface area contributed by atoms with E-state index in [9.17, 15) is 22.8 Å². The number of hydrogen-bond acceptors (Lipinski definition) is 3. The average molecular weight is 316 g/mol. The molecule has 1 N–H and O–H groups in total. The Bertz CT molecular complexity index is 587. The molecule has 0 atom stereocenters. The van der Waals surface area contributed by atoms with Crippen LogP contribution in [-0.2, 0) is 4.74 Å². The molecule has 0 unspecified atom stereocenters. The Morgan fingerprint density at radius 3 is 2.41 bits per heavy atom. The molecule has 22 heavy (non-hydrogen) atoms. The molecule has 8 heteroatoms. The van der Waals surface area contributed by atoms with Crippen LogP contribution >= 0.6 is 0 Å². The molecule has 1 fully saturated rings. The van der Waals surface area contributed by atoms with Gasteiger partial charge in [-0.25, -0.2) is 18.0 Å². The van der Waals surface area contributed by atoms with Crippen LogP contribution in [0.15, 0.2) is 12.1 Å². The summed E-state index contributed by atoms with van der Waals surface area (Å²) < 4.78 is 44.1. The summed E-state index contributed by atoms with van der Waals surface area (Å²) in [6, 6.07) is 1.32. The Kier molecular flexibility index (Phi) is 4.89. The summed E-state index contributed by atoms with van der Waals surface area (Å²) in [6.45, 7) is 0.774. The molecule has 5 nitrogen and oxygen atoms in total. The molecule has 1 aromatic rings. The fourth-order valence-electron chi connectivity index (χ4n) is 2.30. The molecule has 0 radical (unpaired) electrons. The first-order valence-electron chi connectivity index (χ1n) is 6.71. The van der Waals surface area contributed by atoms with E-state index in [1.165, 1.54) is 12.0 Å². The van der Waals surface area contributed by atoms with Gasteiger partial charge in [0.2, 0.25) is 0 Å². The zero-order valence-electron chi connectivity index (χ0n) is 11.9. The summed E-state index contributed by atoms with van der Waals surface area (Å²) >= 11 is 0. The quantitative estimate of drug-likeness (QED) is 0.850. The van der Waals surface area contributed by atoms with Crippen molar-refractivity contribution in [2.75, 3.05) is 20.2 Å². The third-order valence-corrected chi connectivity index (χ3v) is 3.54. The van der Waals surface area contributed by atoms with Gasteiger partial charge in [-0.05, 0) is 25.0 Å². The van der Waals surface area contributed by atoms with Crippen molar-refractivity contribution in [1.82, 2.24) is 10.2 Å². The largest absolute Gasteiger partial charge is 0.453 e.